The Morgan fingerprint density at radius 2 is 1.09 bits per heavy atom. The van der Waals surface area contributed by atoms with Gasteiger partial charge in [-0.05, 0) is 36.4 Å². The van der Waals surface area contributed by atoms with Gasteiger partial charge in [0, 0.05) is 56.8 Å². The number of para-hydroxylation sites is 1. The maximum atomic E-state index is 2.48. The van der Waals surface area contributed by atoms with E-state index in [-0.39, 0.29) is 0 Å². The fourth-order valence-corrected chi connectivity index (χ4v) is 7.63. The summed E-state index contributed by atoms with van der Waals surface area (Å²) in [4.78, 5) is 0. The van der Waals surface area contributed by atoms with Gasteiger partial charge >= 0.3 is 0 Å². The smallest absolute Gasteiger partial charge is 0.0634 e. The molecule has 0 aliphatic rings. The molecule has 8 aromatic rings. The molecule has 0 atom stereocenters. The molecule has 0 saturated heterocycles. The Bertz CT molecular complexity index is 2030. The summed E-state index contributed by atoms with van der Waals surface area (Å²) in [6, 6.07) is 37.9. The Kier molecular flexibility index (Phi) is 3.48. The molecule has 154 valence electrons. The Labute approximate surface area is 197 Å². The van der Waals surface area contributed by atoms with Crippen LogP contribution >= 0.6 is 22.7 Å². The first-order chi connectivity index (χ1) is 16.4. The van der Waals surface area contributed by atoms with Gasteiger partial charge in [0.05, 0.1) is 11.0 Å². The van der Waals surface area contributed by atoms with E-state index in [1.165, 1.54) is 67.8 Å². The first-order valence-electron chi connectivity index (χ1n) is 11.1. The Balaban J connectivity index is 1.58. The second-order valence-electron chi connectivity index (χ2n) is 8.56. The minimum atomic E-state index is 1.23. The van der Waals surface area contributed by atoms with Gasteiger partial charge in [-0.3, -0.25) is 0 Å². The summed E-state index contributed by atoms with van der Waals surface area (Å²) in [6.07, 6.45) is 0. The van der Waals surface area contributed by atoms with Crippen LogP contribution in [0.1, 0.15) is 0 Å². The summed E-state index contributed by atoms with van der Waals surface area (Å²) in [5, 5.41) is 8.01. The summed E-state index contributed by atoms with van der Waals surface area (Å²) in [7, 11) is 0. The van der Waals surface area contributed by atoms with Crippen molar-refractivity contribution in [3.05, 3.63) is 103 Å². The zero-order valence-electron chi connectivity index (χ0n) is 17.6. The van der Waals surface area contributed by atoms with E-state index in [0.717, 1.165) is 0 Å². The van der Waals surface area contributed by atoms with Crippen molar-refractivity contribution in [3.63, 3.8) is 0 Å². The minimum absolute atomic E-state index is 1.23. The van der Waals surface area contributed by atoms with Crippen LogP contribution in [-0.4, -0.2) is 4.57 Å². The molecular formula is C30H17NS2. The van der Waals surface area contributed by atoms with E-state index in [4.69, 9.17) is 0 Å². The fourth-order valence-electron chi connectivity index (χ4n) is 5.39. The van der Waals surface area contributed by atoms with E-state index in [0.29, 0.717) is 0 Å². The molecule has 33 heavy (non-hydrogen) atoms. The average Bonchev–Trinajstić information content (AvgIpc) is 3.52. The Morgan fingerprint density at radius 1 is 0.455 bits per heavy atom. The van der Waals surface area contributed by atoms with Crippen LogP contribution in [0.5, 0.6) is 0 Å². The van der Waals surface area contributed by atoms with Crippen molar-refractivity contribution in [2.24, 2.45) is 0 Å². The predicted molar refractivity (Wildman–Crippen MR) is 147 cm³/mol. The molecule has 0 N–H and O–H groups in total. The molecule has 3 heteroatoms. The highest BCUT2D eigenvalue weighted by Crippen LogP contribution is 2.43. The topological polar surface area (TPSA) is 4.93 Å². The van der Waals surface area contributed by atoms with E-state index < -0.39 is 0 Å². The van der Waals surface area contributed by atoms with E-state index in [9.17, 15) is 0 Å². The molecule has 5 aromatic carbocycles. The Hall–Kier alpha value is -3.66. The van der Waals surface area contributed by atoms with Gasteiger partial charge in [0.2, 0.25) is 0 Å². The maximum absolute atomic E-state index is 2.48. The molecule has 0 unspecified atom stereocenters. The predicted octanol–water partition coefficient (Wildman–Crippen LogP) is 9.52. The first-order valence-corrected chi connectivity index (χ1v) is 12.8. The zero-order chi connectivity index (χ0) is 21.5. The lowest BCUT2D eigenvalue weighted by atomic mass is 10.1. The third kappa shape index (κ3) is 2.36. The molecule has 3 aromatic heterocycles. The van der Waals surface area contributed by atoms with E-state index in [1.807, 2.05) is 22.7 Å². The molecule has 0 amide bonds. The number of hydrogen-bond acceptors (Lipinski definition) is 2. The van der Waals surface area contributed by atoms with E-state index in [2.05, 4.69) is 108 Å². The monoisotopic (exact) mass is 455 g/mol. The van der Waals surface area contributed by atoms with Gasteiger partial charge in [-0.1, -0.05) is 66.7 Å². The molecular weight excluding hydrogens is 438 g/mol. The molecule has 1 nitrogen and oxygen atoms in total. The van der Waals surface area contributed by atoms with Gasteiger partial charge in [-0.25, -0.2) is 0 Å². The fraction of sp³-hybridized carbons (Fsp3) is 0. The second kappa shape index (κ2) is 6.44. The molecule has 0 spiro atoms. The van der Waals surface area contributed by atoms with Crippen molar-refractivity contribution in [1.29, 1.82) is 0 Å². The third-order valence-electron chi connectivity index (χ3n) is 6.80. The van der Waals surface area contributed by atoms with Crippen molar-refractivity contribution >= 4 is 84.8 Å². The van der Waals surface area contributed by atoms with Gasteiger partial charge in [-0.15, -0.1) is 22.7 Å². The summed E-state index contributed by atoms with van der Waals surface area (Å²) in [6.45, 7) is 0. The van der Waals surface area contributed by atoms with Crippen LogP contribution < -0.4 is 0 Å². The number of benzene rings is 5. The summed E-state index contributed by atoms with van der Waals surface area (Å²) < 4.78 is 7.85. The van der Waals surface area contributed by atoms with Crippen LogP contribution in [0.25, 0.3) is 67.8 Å². The summed E-state index contributed by atoms with van der Waals surface area (Å²) in [5.74, 6) is 0. The minimum Gasteiger partial charge on any atom is -0.309 e. The van der Waals surface area contributed by atoms with Gasteiger partial charge in [-0.2, -0.15) is 0 Å². The lowest BCUT2D eigenvalue weighted by molar-refractivity contribution is 1.19. The van der Waals surface area contributed by atoms with Crippen molar-refractivity contribution in [3.8, 4) is 5.69 Å². The van der Waals surface area contributed by atoms with Crippen molar-refractivity contribution in [2.75, 3.05) is 0 Å². The van der Waals surface area contributed by atoms with Crippen molar-refractivity contribution in [2.45, 2.75) is 0 Å². The second-order valence-corrected chi connectivity index (χ2v) is 10.7. The van der Waals surface area contributed by atoms with Gasteiger partial charge < -0.3 is 4.57 Å². The first kappa shape index (κ1) is 17.8. The number of aromatic nitrogens is 1. The zero-order valence-corrected chi connectivity index (χ0v) is 19.2. The number of thiophene rings is 2. The molecule has 0 aliphatic heterocycles. The van der Waals surface area contributed by atoms with Crippen LogP contribution in [0.4, 0.5) is 0 Å². The normalized spacial score (nSPS) is 12.2. The van der Waals surface area contributed by atoms with Gasteiger partial charge in [0.25, 0.3) is 0 Å². The van der Waals surface area contributed by atoms with Gasteiger partial charge in [0.1, 0.15) is 0 Å². The van der Waals surface area contributed by atoms with Crippen LogP contribution in [0.15, 0.2) is 103 Å². The highest BCUT2D eigenvalue weighted by atomic mass is 32.1. The van der Waals surface area contributed by atoms with Crippen LogP contribution in [0, 0.1) is 0 Å². The Morgan fingerprint density at radius 3 is 1.97 bits per heavy atom. The maximum Gasteiger partial charge on any atom is 0.0634 e. The van der Waals surface area contributed by atoms with E-state index in [1.54, 1.807) is 0 Å². The summed E-state index contributed by atoms with van der Waals surface area (Å²) >= 11 is 3.77. The molecule has 0 aliphatic carbocycles. The molecule has 3 heterocycles. The van der Waals surface area contributed by atoms with Crippen LogP contribution in [-0.2, 0) is 0 Å². The number of nitrogens with zero attached hydrogens (tertiary/aromatic N) is 1. The van der Waals surface area contributed by atoms with E-state index >= 15 is 0 Å². The van der Waals surface area contributed by atoms with Crippen molar-refractivity contribution < 1.29 is 0 Å². The molecule has 8 rings (SSSR count). The number of rotatable bonds is 1. The summed E-state index contributed by atoms with van der Waals surface area (Å²) in [5.41, 5.74) is 3.80. The quantitative estimate of drug-likeness (QED) is 0.232. The third-order valence-corrected chi connectivity index (χ3v) is 9.06. The molecule has 0 fully saturated rings. The number of hydrogen-bond donors (Lipinski definition) is 0. The average molecular weight is 456 g/mol. The number of fused-ring (bicyclic) bond motifs is 10. The van der Waals surface area contributed by atoms with Crippen LogP contribution in [0.2, 0.25) is 0 Å². The van der Waals surface area contributed by atoms with Crippen molar-refractivity contribution in [1.82, 2.24) is 4.57 Å². The lowest BCUT2D eigenvalue weighted by Crippen LogP contribution is -1.93. The lowest BCUT2D eigenvalue weighted by Gasteiger charge is -2.09. The largest absolute Gasteiger partial charge is 0.309 e. The van der Waals surface area contributed by atoms with Crippen LogP contribution in [0.3, 0.4) is 0 Å². The highest BCUT2D eigenvalue weighted by Gasteiger charge is 2.18. The SMILES string of the molecule is c1ccc2c(c1)sc1cc(-n3c4ccccc4c4ccc5sc6ccccc6c5c43)ccc12. The standard InChI is InChI=1S/C30H17NS2/c1-4-10-24-19(7-1)22-15-16-27-29(23-9-3-6-12-26(23)32-27)30(22)31(24)18-13-14-21-20-8-2-5-11-25(20)33-28(21)17-18/h1-17H. The molecule has 0 bridgehead atoms. The molecule has 0 saturated carbocycles. The molecule has 0 radical (unpaired) electrons. The highest BCUT2D eigenvalue weighted by molar-refractivity contribution is 7.26. The van der Waals surface area contributed by atoms with Gasteiger partial charge in [0.15, 0.2) is 0 Å².